The molecule has 4 atom stereocenters. The number of ether oxygens (including phenoxy) is 4. The molecule has 1 aliphatic heterocycles. The van der Waals surface area contributed by atoms with Gasteiger partial charge in [0.2, 0.25) is 0 Å². The van der Waals surface area contributed by atoms with Crippen molar-refractivity contribution in [1.82, 2.24) is 4.90 Å². The molecule has 2 aliphatic rings. The molecule has 2 rings (SSSR count). The first-order valence-electron chi connectivity index (χ1n) is 12.0. The molecular formula is C25H43NO6. The van der Waals surface area contributed by atoms with E-state index in [0.717, 1.165) is 0 Å². The molecule has 1 aliphatic carbocycles. The van der Waals surface area contributed by atoms with Crippen LogP contribution in [0.15, 0.2) is 12.2 Å². The van der Waals surface area contributed by atoms with Crippen LogP contribution in [0.2, 0.25) is 0 Å². The predicted octanol–water partition coefficient (Wildman–Crippen LogP) is 3.46. The summed E-state index contributed by atoms with van der Waals surface area (Å²) in [4.78, 5) is 26.7. The van der Waals surface area contributed by atoms with Crippen molar-refractivity contribution in [2.75, 3.05) is 26.4 Å². The summed E-state index contributed by atoms with van der Waals surface area (Å²) in [5.74, 6) is 0.520. The first-order chi connectivity index (χ1) is 15.0. The molecule has 32 heavy (non-hydrogen) atoms. The number of carbonyl (C=O) groups is 2. The summed E-state index contributed by atoms with van der Waals surface area (Å²) in [7, 11) is 0. The smallest absolute Gasteiger partial charge is 0.254 e. The third-order valence-corrected chi connectivity index (χ3v) is 5.27. The SMILES string of the molecule is CC(C)CO[C@@H]1[C@@H](OCC(C)C)[C@@H](OCC(C)C)C(N2C(=O)C=CC2=O)[C@@H]1OCC(C)C. The van der Waals surface area contributed by atoms with Crippen molar-refractivity contribution >= 4 is 11.8 Å². The molecule has 0 aromatic rings. The molecule has 0 aromatic carbocycles. The molecule has 0 aromatic heterocycles. The molecule has 7 heteroatoms. The van der Waals surface area contributed by atoms with Gasteiger partial charge in [0.05, 0.1) is 6.04 Å². The zero-order valence-corrected chi connectivity index (χ0v) is 21.1. The van der Waals surface area contributed by atoms with E-state index in [1.807, 2.05) is 0 Å². The zero-order chi connectivity index (χ0) is 24.0. The molecule has 0 unspecified atom stereocenters. The summed E-state index contributed by atoms with van der Waals surface area (Å²) in [5, 5.41) is 0. The first-order valence-corrected chi connectivity index (χ1v) is 12.0. The quantitative estimate of drug-likeness (QED) is 0.398. The molecule has 0 saturated heterocycles. The van der Waals surface area contributed by atoms with Crippen LogP contribution in [0.3, 0.4) is 0 Å². The third-order valence-electron chi connectivity index (χ3n) is 5.27. The Morgan fingerprint density at radius 3 is 1.16 bits per heavy atom. The van der Waals surface area contributed by atoms with Gasteiger partial charge >= 0.3 is 0 Å². The van der Waals surface area contributed by atoms with Gasteiger partial charge in [-0.1, -0.05) is 55.4 Å². The summed E-state index contributed by atoms with van der Waals surface area (Å²) in [6.07, 6.45) is 0.675. The van der Waals surface area contributed by atoms with Gasteiger partial charge in [0, 0.05) is 38.6 Å². The van der Waals surface area contributed by atoms with Crippen molar-refractivity contribution in [3.05, 3.63) is 12.2 Å². The van der Waals surface area contributed by atoms with Crippen LogP contribution in [0, 0.1) is 23.7 Å². The molecule has 2 amide bonds. The Hall–Kier alpha value is -1.28. The van der Waals surface area contributed by atoms with Crippen molar-refractivity contribution in [3.63, 3.8) is 0 Å². The summed E-state index contributed by atoms with van der Waals surface area (Å²) in [6, 6.07) is -0.614. The Bertz CT molecular complexity index is 592. The summed E-state index contributed by atoms with van der Waals surface area (Å²) in [6.45, 7) is 18.7. The standard InChI is InChI=1S/C25H43NO6/c1-15(2)11-29-22-21(26-19(27)9-10-20(26)28)23(30-12-16(3)4)25(32-14-18(7)8)24(22)31-13-17(5)6/h9-10,15-18,21-25H,11-14H2,1-8H3/t22-,23-,24-,25-/m0/s1. The van der Waals surface area contributed by atoms with E-state index >= 15 is 0 Å². The Balaban J connectivity index is 2.46. The van der Waals surface area contributed by atoms with E-state index in [1.165, 1.54) is 17.1 Å². The van der Waals surface area contributed by atoms with Crippen LogP contribution in [0.25, 0.3) is 0 Å². The zero-order valence-electron chi connectivity index (χ0n) is 21.1. The summed E-state index contributed by atoms with van der Waals surface area (Å²) >= 11 is 0. The summed E-state index contributed by atoms with van der Waals surface area (Å²) < 4.78 is 25.4. The molecule has 1 fully saturated rings. The molecule has 1 saturated carbocycles. The number of hydrogen-bond acceptors (Lipinski definition) is 6. The van der Waals surface area contributed by atoms with Crippen molar-refractivity contribution in [3.8, 4) is 0 Å². The topological polar surface area (TPSA) is 74.3 Å². The van der Waals surface area contributed by atoms with Crippen molar-refractivity contribution in [1.29, 1.82) is 0 Å². The molecule has 7 nitrogen and oxygen atoms in total. The normalized spacial score (nSPS) is 28.5. The number of amides is 2. The van der Waals surface area contributed by atoms with Crippen LogP contribution in [0.4, 0.5) is 0 Å². The molecule has 0 bridgehead atoms. The van der Waals surface area contributed by atoms with E-state index in [4.69, 9.17) is 18.9 Å². The molecule has 0 N–H and O–H groups in total. The fourth-order valence-corrected chi connectivity index (χ4v) is 3.93. The van der Waals surface area contributed by atoms with E-state index in [0.29, 0.717) is 38.3 Å². The third kappa shape index (κ3) is 7.11. The maximum Gasteiger partial charge on any atom is 0.254 e. The lowest BCUT2D eigenvalue weighted by atomic mass is 10.1. The molecule has 1 heterocycles. The second-order valence-electron chi connectivity index (χ2n) is 10.6. The maximum absolute atomic E-state index is 12.7. The summed E-state index contributed by atoms with van der Waals surface area (Å²) in [5.41, 5.74) is 0. The van der Waals surface area contributed by atoms with Gasteiger partial charge in [-0.2, -0.15) is 0 Å². The van der Waals surface area contributed by atoms with Gasteiger partial charge in [0.1, 0.15) is 24.4 Å². The van der Waals surface area contributed by atoms with Gasteiger partial charge in [0.25, 0.3) is 11.8 Å². The van der Waals surface area contributed by atoms with Crippen LogP contribution >= 0.6 is 0 Å². The number of imide groups is 1. The fourth-order valence-electron chi connectivity index (χ4n) is 3.93. The van der Waals surface area contributed by atoms with Crippen LogP contribution in [0.1, 0.15) is 55.4 Å². The minimum atomic E-state index is -0.614. The molecule has 184 valence electrons. The second-order valence-corrected chi connectivity index (χ2v) is 10.6. The Labute approximate surface area is 193 Å². The van der Waals surface area contributed by atoms with E-state index in [1.54, 1.807) is 0 Å². The lowest BCUT2D eigenvalue weighted by molar-refractivity contribution is -0.150. The first kappa shape index (κ1) is 27.0. The minimum Gasteiger partial charge on any atom is -0.373 e. The predicted molar refractivity (Wildman–Crippen MR) is 123 cm³/mol. The highest BCUT2D eigenvalue weighted by Gasteiger charge is 2.58. The molecule has 0 radical (unpaired) electrons. The lowest BCUT2D eigenvalue weighted by Gasteiger charge is -2.33. The van der Waals surface area contributed by atoms with Crippen LogP contribution in [0.5, 0.6) is 0 Å². The van der Waals surface area contributed by atoms with E-state index in [-0.39, 0.29) is 23.7 Å². The highest BCUT2D eigenvalue weighted by molar-refractivity contribution is 6.13. The van der Waals surface area contributed by atoms with Gasteiger partial charge in [-0.15, -0.1) is 0 Å². The Kier molecular flexibility index (Phi) is 10.3. The van der Waals surface area contributed by atoms with Gasteiger partial charge in [-0.25, -0.2) is 0 Å². The van der Waals surface area contributed by atoms with Crippen LogP contribution in [-0.4, -0.2) is 73.6 Å². The second kappa shape index (κ2) is 12.3. The van der Waals surface area contributed by atoms with E-state index in [9.17, 15) is 9.59 Å². The van der Waals surface area contributed by atoms with Crippen molar-refractivity contribution < 1.29 is 28.5 Å². The van der Waals surface area contributed by atoms with Crippen molar-refractivity contribution in [2.45, 2.75) is 85.8 Å². The van der Waals surface area contributed by atoms with Gasteiger partial charge < -0.3 is 18.9 Å². The van der Waals surface area contributed by atoms with Gasteiger partial charge in [0.15, 0.2) is 0 Å². The fraction of sp³-hybridized carbons (Fsp3) is 0.840. The average Bonchev–Trinajstić information content (AvgIpc) is 3.16. The van der Waals surface area contributed by atoms with Crippen molar-refractivity contribution in [2.24, 2.45) is 23.7 Å². The monoisotopic (exact) mass is 453 g/mol. The number of hydrogen-bond donors (Lipinski definition) is 0. The van der Waals surface area contributed by atoms with Gasteiger partial charge in [-0.3, -0.25) is 14.5 Å². The average molecular weight is 454 g/mol. The number of rotatable bonds is 13. The van der Waals surface area contributed by atoms with E-state index in [2.05, 4.69) is 55.4 Å². The Morgan fingerprint density at radius 2 is 0.875 bits per heavy atom. The van der Waals surface area contributed by atoms with E-state index < -0.39 is 30.5 Å². The highest BCUT2D eigenvalue weighted by atomic mass is 16.6. The molecular weight excluding hydrogens is 410 g/mol. The number of nitrogens with zero attached hydrogens (tertiary/aromatic N) is 1. The van der Waals surface area contributed by atoms with Crippen LogP contribution in [-0.2, 0) is 28.5 Å². The Morgan fingerprint density at radius 1 is 0.594 bits per heavy atom. The minimum absolute atomic E-state index is 0.287. The molecule has 0 spiro atoms. The highest BCUT2D eigenvalue weighted by Crippen LogP contribution is 2.37. The van der Waals surface area contributed by atoms with Gasteiger partial charge in [-0.05, 0) is 23.7 Å². The number of carbonyl (C=O) groups excluding carboxylic acids is 2. The lowest BCUT2D eigenvalue weighted by Crippen LogP contribution is -2.53. The van der Waals surface area contributed by atoms with Crippen LogP contribution < -0.4 is 0 Å². The maximum atomic E-state index is 12.7. The largest absolute Gasteiger partial charge is 0.373 e.